The maximum atomic E-state index is 10.7. The normalized spacial score (nSPS) is 22.7. The number of hydrogen-bond acceptors (Lipinski definition) is 5. The Bertz CT molecular complexity index is 254. The van der Waals surface area contributed by atoms with Gasteiger partial charge in [0.25, 0.3) is 0 Å². The number of likely N-dealkylation sites (N-methyl/N-ethyl adjacent to an activating group) is 1. The van der Waals surface area contributed by atoms with Gasteiger partial charge in [-0.15, -0.1) is 0 Å². The van der Waals surface area contributed by atoms with Crippen LogP contribution in [0.3, 0.4) is 0 Å². The molecule has 0 spiro atoms. The van der Waals surface area contributed by atoms with E-state index in [1.165, 1.54) is 0 Å². The van der Waals surface area contributed by atoms with Crippen LogP contribution in [0.25, 0.3) is 0 Å². The van der Waals surface area contributed by atoms with Crippen molar-refractivity contribution in [3.8, 4) is 0 Å². The molecule has 1 aliphatic heterocycles. The number of carboxylic acids is 1. The van der Waals surface area contributed by atoms with E-state index in [1.54, 1.807) is 7.05 Å². The van der Waals surface area contributed by atoms with Gasteiger partial charge in [-0.25, -0.2) is 0 Å². The van der Waals surface area contributed by atoms with Crippen LogP contribution in [-0.2, 0) is 4.79 Å². The van der Waals surface area contributed by atoms with Gasteiger partial charge in [0.15, 0.2) is 5.96 Å². The lowest BCUT2D eigenvalue weighted by atomic mass is 10.0. The van der Waals surface area contributed by atoms with Crippen LogP contribution in [0.15, 0.2) is 4.99 Å². The van der Waals surface area contributed by atoms with Crippen LogP contribution in [0, 0.1) is 0 Å². The molecule has 6 nitrogen and oxygen atoms in total. The Morgan fingerprint density at radius 2 is 2.60 bits per heavy atom. The Balaban J connectivity index is 2.30. The Hall–Kier alpha value is -1.30. The van der Waals surface area contributed by atoms with Crippen LogP contribution in [0.5, 0.6) is 0 Å². The van der Waals surface area contributed by atoms with Gasteiger partial charge in [-0.05, 0) is 26.3 Å². The van der Waals surface area contributed by atoms with Gasteiger partial charge < -0.3 is 21.5 Å². The van der Waals surface area contributed by atoms with Crippen molar-refractivity contribution in [1.82, 2.24) is 10.6 Å². The number of aliphatic carboxylic acids is 1. The smallest absolute Gasteiger partial charge is 0.320 e. The van der Waals surface area contributed by atoms with Crippen molar-refractivity contribution in [3.05, 3.63) is 0 Å². The maximum absolute atomic E-state index is 10.7. The molecular weight excluding hydrogens is 196 g/mol. The average molecular weight is 214 g/mol. The molecule has 0 aliphatic carbocycles. The van der Waals surface area contributed by atoms with E-state index in [4.69, 9.17) is 10.8 Å². The predicted molar refractivity (Wildman–Crippen MR) is 57.7 cm³/mol. The van der Waals surface area contributed by atoms with Crippen molar-refractivity contribution >= 4 is 11.9 Å². The second kappa shape index (κ2) is 5.55. The van der Waals surface area contributed by atoms with Crippen LogP contribution in [0.2, 0.25) is 0 Å². The minimum atomic E-state index is -0.810. The lowest BCUT2D eigenvalue weighted by Crippen LogP contribution is -2.45. The first-order chi connectivity index (χ1) is 7.13. The topological polar surface area (TPSA) is 99.7 Å². The lowest BCUT2D eigenvalue weighted by molar-refractivity contribution is -0.139. The zero-order valence-corrected chi connectivity index (χ0v) is 8.86. The summed E-state index contributed by atoms with van der Waals surface area (Å²) in [6.45, 7) is 0.723. The summed E-state index contributed by atoms with van der Waals surface area (Å²) in [5, 5.41) is 14.6. The molecule has 1 aliphatic rings. The molecule has 0 radical (unpaired) electrons. The molecule has 5 N–H and O–H groups in total. The van der Waals surface area contributed by atoms with Crippen molar-refractivity contribution < 1.29 is 9.90 Å². The molecule has 2 atom stereocenters. The fourth-order valence-electron chi connectivity index (χ4n) is 1.64. The summed E-state index contributed by atoms with van der Waals surface area (Å²) in [7, 11) is 1.66. The Kier molecular flexibility index (Phi) is 4.36. The fraction of sp³-hybridized carbons (Fsp3) is 0.778. The number of guanidine groups is 1. The van der Waals surface area contributed by atoms with E-state index in [-0.39, 0.29) is 6.04 Å². The molecule has 0 bridgehead atoms. The standard InChI is InChI=1S/C9H18N4O2/c1-11-7(8(14)15)3-2-6-4-5-12-9(10)13-6/h6-7,11H,2-5H2,1H3,(H,14,15)(H3,10,12,13)/t6?,7-/m0/s1. The average Bonchev–Trinajstić information content (AvgIpc) is 2.18. The molecule has 0 saturated heterocycles. The second-order valence-electron chi connectivity index (χ2n) is 3.65. The van der Waals surface area contributed by atoms with Crippen molar-refractivity contribution in [2.45, 2.75) is 31.3 Å². The maximum Gasteiger partial charge on any atom is 0.320 e. The summed E-state index contributed by atoms with van der Waals surface area (Å²) in [5.41, 5.74) is 5.53. The first-order valence-electron chi connectivity index (χ1n) is 5.10. The minimum Gasteiger partial charge on any atom is -0.480 e. The van der Waals surface area contributed by atoms with Crippen molar-refractivity contribution in [2.24, 2.45) is 10.7 Å². The summed E-state index contributed by atoms with van der Waals surface area (Å²) in [4.78, 5) is 14.8. The number of nitrogens with one attached hydrogen (secondary N) is 2. The first kappa shape index (κ1) is 11.8. The highest BCUT2D eigenvalue weighted by molar-refractivity contribution is 5.78. The van der Waals surface area contributed by atoms with E-state index in [2.05, 4.69) is 15.6 Å². The Morgan fingerprint density at radius 1 is 1.87 bits per heavy atom. The van der Waals surface area contributed by atoms with Gasteiger partial charge in [-0.2, -0.15) is 0 Å². The number of rotatable bonds is 5. The highest BCUT2D eigenvalue weighted by atomic mass is 16.4. The van der Waals surface area contributed by atoms with Crippen LogP contribution >= 0.6 is 0 Å². The molecule has 1 heterocycles. The van der Waals surface area contributed by atoms with E-state index in [1.807, 2.05) is 0 Å². The number of carbonyl (C=O) groups is 1. The quantitative estimate of drug-likeness (QED) is 0.476. The van der Waals surface area contributed by atoms with E-state index < -0.39 is 12.0 Å². The summed E-state index contributed by atoms with van der Waals surface area (Å²) >= 11 is 0. The summed E-state index contributed by atoms with van der Waals surface area (Å²) < 4.78 is 0. The van der Waals surface area contributed by atoms with E-state index >= 15 is 0 Å². The van der Waals surface area contributed by atoms with Gasteiger partial charge in [0.1, 0.15) is 6.04 Å². The highest BCUT2D eigenvalue weighted by Gasteiger charge is 2.19. The summed E-state index contributed by atoms with van der Waals surface area (Å²) in [6.07, 6.45) is 2.29. The van der Waals surface area contributed by atoms with Gasteiger partial charge in [-0.1, -0.05) is 0 Å². The molecule has 15 heavy (non-hydrogen) atoms. The molecule has 0 aromatic rings. The summed E-state index contributed by atoms with van der Waals surface area (Å²) in [5.74, 6) is -0.350. The Morgan fingerprint density at radius 3 is 3.13 bits per heavy atom. The third-order valence-electron chi connectivity index (χ3n) is 2.56. The molecule has 6 heteroatoms. The number of nitrogens with zero attached hydrogens (tertiary/aromatic N) is 1. The van der Waals surface area contributed by atoms with Crippen molar-refractivity contribution in [1.29, 1.82) is 0 Å². The number of hydrogen-bond donors (Lipinski definition) is 4. The van der Waals surface area contributed by atoms with Crippen LogP contribution < -0.4 is 16.4 Å². The van der Waals surface area contributed by atoms with Crippen LogP contribution in [0.4, 0.5) is 0 Å². The molecule has 0 saturated carbocycles. The molecule has 1 rings (SSSR count). The molecule has 0 amide bonds. The summed E-state index contributed by atoms with van der Waals surface area (Å²) in [6, 6.07) is -0.232. The SMILES string of the molecule is CN[C@@H](CCC1CCN=C(N)N1)C(=O)O. The third-order valence-corrected chi connectivity index (χ3v) is 2.56. The second-order valence-corrected chi connectivity index (χ2v) is 3.65. The molecular formula is C9H18N4O2. The van der Waals surface area contributed by atoms with Crippen LogP contribution in [-0.4, -0.2) is 42.7 Å². The van der Waals surface area contributed by atoms with Gasteiger partial charge >= 0.3 is 5.97 Å². The van der Waals surface area contributed by atoms with E-state index in [0.717, 1.165) is 19.4 Å². The van der Waals surface area contributed by atoms with Gasteiger partial charge in [0.05, 0.1) is 0 Å². The molecule has 0 aromatic heterocycles. The highest BCUT2D eigenvalue weighted by Crippen LogP contribution is 2.08. The molecule has 0 fully saturated rings. The zero-order chi connectivity index (χ0) is 11.3. The number of nitrogens with two attached hydrogens (primary N) is 1. The van der Waals surface area contributed by atoms with E-state index in [9.17, 15) is 4.79 Å². The van der Waals surface area contributed by atoms with Gasteiger partial charge in [0, 0.05) is 12.6 Å². The van der Waals surface area contributed by atoms with Gasteiger partial charge in [0.2, 0.25) is 0 Å². The van der Waals surface area contributed by atoms with Gasteiger partial charge in [-0.3, -0.25) is 9.79 Å². The Labute approximate surface area is 88.9 Å². The predicted octanol–water partition coefficient (Wildman–Crippen LogP) is -0.884. The van der Waals surface area contributed by atoms with Crippen molar-refractivity contribution in [3.63, 3.8) is 0 Å². The third kappa shape index (κ3) is 3.75. The number of carboxylic acid groups (broad SMARTS) is 1. The minimum absolute atomic E-state index is 0.248. The van der Waals surface area contributed by atoms with E-state index in [0.29, 0.717) is 12.4 Å². The zero-order valence-electron chi connectivity index (χ0n) is 8.86. The number of aliphatic imine (C=N–C) groups is 1. The van der Waals surface area contributed by atoms with Crippen molar-refractivity contribution in [2.75, 3.05) is 13.6 Å². The molecule has 86 valence electrons. The molecule has 1 unspecified atom stereocenters. The van der Waals surface area contributed by atoms with Crippen LogP contribution in [0.1, 0.15) is 19.3 Å². The lowest BCUT2D eigenvalue weighted by Gasteiger charge is -2.23. The molecule has 0 aromatic carbocycles. The largest absolute Gasteiger partial charge is 0.480 e. The monoisotopic (exact) mass is 214 g/mol. The fourth-order valence-corrected chi connectivity index (χ4v) is 1.64. The first-order valence-corrected chi connectivity index (χ1v) is 5.10.